The molecule has 0 saturated heterocycles. The molecule has 0 fully saturated rings. The third-order valence-corrected chi connectivity index (χ3v) is 5.19. The molecule has 30 heavy (non-hydrogen) atoms. The van der Waals surface area contributed by atoms with E-state index in [2.05, 4.69) is 63.6 Å². The summed E-state index contributed by atoms with van der Waals surface area (Å²) in [5, 5.41) is 9.23. The number of H-pyrrole nitrogens is 1. The van der Waals surface area contributed by atoms with Crippen molar-refractivity contribution in [2.45, 2.75) is 26.2 Å². The van der Waals surface area contributed by atoms with Crippen LogP contribution in [-0.4, -0.2) is 41.1 Å². The van der Waals surface area contributed by atoms with E-state index < -0.39 is 0 Å². The second kappa shape index (κ2) is 7.55. The number of aromatic amines is 1. The van der Waals surface area contributed by atoms with Crippen molar-refractivity contribution in [2.75, 3.05) is 11.9 Å². The molecule has 0 aliphatic rings. The molecule has 0 bridgehead atoms. The van der Waals surface area contributed by atoms with Crippen LogP contribution < -0.4 is 5.32 Å². The molecule has 4 aromatic heterocycles. The minimum atomic E-state index is 0.302. The van der Waals surface area contributed by atoms with E-state index in [0.717, 1.165) is 35.3 Å². The van der Waals surface area contributed by atoms with Crippen molar-refractivity contribution in [3.8, 4) is 11.4 Å². The van der Waals surface area contributed by atoms with Gasteiger partial charge in [-0.25, -0.2) is 15.0 Å². The maximum Gasteiger partial charge on any atom is 0.227 e. The summed E-state index contributed by atoms with van der Waals surface area (Å²) in [6.45, 7) is 4.98. The topological polar surface area (TPSA) is 96.7 Å². The van der Waals surface area contributed by atoms with Crippen LogP contribution >= 0.6 is 0 Å². The molecule has 5 rings (SSSR count). The highest BCUT2D eigenvalue weighted by Gasteiger charge is 2.16. The van der Waals surface area contributed by atoms with Crippen LogP contribution in [0, 0.1) is 0 Å². The number of anilines is 1. The minimum Gasteiger partial charge on any atom is -0.361 e. The molecule has 5 aromatic rings. The standard InChI is InChI=1S/C22H22N8/c1-14(2)18-12-27-30-21(18)28-20(16-9-23-13-24-10-16)29-22(30)25-8-7-15-11-26-19-6-4-3-5-17(15)19/h3-6,9-14,26H,7-8H2,1-2H3,(H,25,28,29). The van der Waals surface area contributed by atoms with Crippen molar-refractivity contribution < 1.29 is 0 Å². The van der Waals surface area contributed by atoms with Crippen LogP contribution in [0.5, 0.6) is 0 Å². The first-order chi connectivity index (χ1) is 14.7. The first-order valence-electron chi connectivity index (χ1n) is 10.0. The van der Waals surface area contributed by atoms with Gasteiger partial charge in [0.15, 0.2) is 11.5 Å². The lowest BCUT2D eigenvalue weighted by Gasteiger charge is -2.10. The Morgan fingerprint density at radius 3 is 2.73 bits per heavy atom. The Kier molecular flexibility index (Phi) is 4.59. The Morgan fingerprint density at radius 2 is 1.90 bits per heavy atom. The van der Waals surface area contributed by atoms with Crippen molar-refractivity contribution >= 4 is 22.5 Å². The Bertz CT molecular complexity index is 1300. The van der Waals surface area contributed by atoms with Gasteiger partial charge >= 0.3 is 0 Å². The maximum atomic E-state index is 4.75. The van der Waals surface area contributed by atoms with Crippen LogP contribution in [-0.2, 0) is 6.42 Å². The normalized spacial score (nSPS) is 11.6. The van der Waals surface area contributed by atoms with Gasteiger partial charge < -0.3 is 10.3 Å². The number of hydrogen-bond acceptors (Lipinski definition) is 6. The number of fused-ring (bicyclic) bond motifs is 2. The molecule has 0 amide bonds. The molecule has 0 saturated carbocycles. The Morgan fingerprint density at radius 1 is 1.07 bits per heavy atom. The molecule has 0 spiro atoms. The van der Waals surface area contributed by atoms with Crippen molar-refractivity contribution in [3.63, 3.8) is 0 Å². The van der Waals surface area contributed by atoms with Crippen LogP contribution in [0.3, 0.4) is 0 Å². The number of benzene rings is 1. The molecule has 0 aliphatic carbocycles. The number of nitrogens with zero attached hydrogens (tertiary/aromatic N) is 6. The molecule has 2 N–H and O–H groups in total. The van der Waals surface area contributed by atoms with E-state index in [1.165, 1.54) is 17.3 Å². The predicted octanol–water partition coefficient (Wildman–Crippen LogP) is 3.84. The minimum absolute atomic E-state index is 0.302. The second-order valence-corrected chi connectivity index (χ2v) is 7.52. The van der Waals surface area contributed by atoms with Gasteiger partial charge in [-0.15, -0.1) is 0 Å². The van der Waals surface area contributed by atoms with Crippen molar-refractivity contribution in [1.29, 1.82) is 0 Å². The van der Waals surface area contributed by atoms with Gasteiger partial charge in [-0.1, -0.05) is 32.0 Å². The van der Waals surface area contributed by atoms with E-state index >= 15 is 0 Å². The highest BCUT2D eigenvalue weighted by atomic mass is 15.3. The summed E-state index contributed by atoms with van der Waals surface area (Å²) in [5.41, 5.74) is 5.07. The van der Waals surface area contributed by atoms with Gasteiger partial charge in [0.05, 0.1) is 11.8 Å². The van der Waals surface area contributed by atoms with Gasteiger partial charge in [-0.2, -0.15) is 14.6 Å². The molecule has 4 heterocycles. The summed E-state index contributed by atoms with van der Waals surface area (Å²) in [6.07, 6.45) is 9.74. The van der Waals surface area contributed by atoms with Gasteiger partial charge in [0.25, 0.3) is 0 Å². The summed E-state index contributed by atoms with van der Waals surface area (Å²) >= 11 is 0. The van der Waals surface area contributed by atoms with Crippen LogP contribution in [0.2, 0.25) is 0 Å². The summed E-state index contributed by atoms with van der Waals surface area (Å²) in [6, 6.07) is 8.33. The summed E-state index contributed by atoms with van der Waals surface area (Å²) in [7, 11) is 0. The molecule has 8 heteroatoms. The first kappa shape index (κ1) is 18.2. The first-order valence-corrected chi connectivity index (χ1v) is 10.0. The lowest BCUT2D eigenvalue weighted by Crippen LogP contribution is -2.12. The molecule has 0 radical (unpaired) electrons. The SMILES string of the molecule is CC(C)c1cnn2c(NCCc3c[nH]c4ccccc34)nc(-c3cncnc3)nc12. The fourth-order valence-electron chi connectivity index (χ4n) is 3.61. The van der Waals surface area contributed by atoms with Gasteiger partial charge in [0, 0.05) is 41.6 Å². The van der Waals surface area contributed by atoms with Crippen molar-refractivity contribution in [3.05, 3.63) is 66.5 Å². The van der Waals surface area contributed by atoms with Gasteiger partial charge in [-0.3, -0.25) is 0 Å². The zero-order chi connectivity index (χ0) is 20.5. The number of para-hydroxylation sites is 1. The number of nitrogens with one attached hydrogen (secondary N) is 2. The van der Waals surface area contributed by atoms with Crippen LogP contribution in [0.1, 0.15) is 30.9 Å². The molecule has 1 aromatic carbocycles. The highest BCUT2D eigenvalue weighted by Crippen LogP contribution is 2.24. The van der Waals surface area contributed by atoms with Gasteiger partial charge in [-0.05, 0) is 24.0 Å². The Balaban J connectivity index is 1.48. The lowest BCUT2D eigenvalue weighted by atomic mass is 10.1. The third-order valence-electron chi connectivity index (χ3n) is 5.19. The smallest absolute Gasteiger partial charge is 0.227 e. The molecule has 8 nitrogen and oxygen atoms in total. The van der Waals surface area contributed by atoms with E-state index in [1.54, 1.807) is 16.9 Å². The van der Waals surface area contributed by atoms with E-state index in [-0.39, 0.29) is 0 Å². The van der Waals surface area contributed by atoms with E-state index in [9.17, 15) is 0 Å². The monoisotopic (exact) mass is 398 g/mol. The number of aromatic nitrogens is 7. The van der Waals surface area contributed by atoms with Crippen LogP contribution in [0.15, 0.2) is 55.4 Å². The highest BCUT2D eigenvalue weighted by molar-refractivity contribution is 5.83. The zero-order valence-electron chi connectivity index (χ0n) is 16.9. The van der Waals surface area contributed by atoms with Crippen molar-refractivity contribution in [1.82, 2.24) is 34.5 Å². The van der Waals surface area contributed by atoms with E-state index in [0.29, 0.717) is 17.7 Å². The lowest BCUT2D eigenvalue weighted by molar-refractivity contribution is 0.864. The second-order valence-electron chi connectivity index (χ2n) is 7.52. The molecule has 150 valence electrons. The summed E-state index contributed by atoms with van der Waals surface area (Å²) in [5.74, 6) is 1.54. The summed E-state index contributed by atoms with van der Waals surface area (Å²) in [4.78, 5) is 21.0. The number of hydrogen-bond donors (Lipinski definition) is 2. The van der Waals surface area contributed by atoms with E-state index in [1.807, 2.05) is 12.3 Å². The molecule has 0 unspecified atom stereocenters. The van der Waals surface area contributed by atoms with E-state index in [4.69, 9.17) is 9.97 Å². The fourth-order valence-corrected chi connectivity index (χ4v) is 3.61. The fraction of sp³-hybridized carbons (Fsp3) is 0.227. The Hall–Kier alpha value is -3.81. The molecular weight excluding hydrogens is 376 g/mol. The summed E-state index contributed by atoms with van der Waals surface area (Å²) < 4.78 is 1.78. The maximum absolute atomic E-state index is 4.75. The largest absolute Gasteiger partial charge is 0.361 e. The zero-order valence-corrected chi connectivity index (χ0v) is 16.9. The Labute approximate surface area is 173 Å². The average Bonchev–Trinajstić information content (AvgIpc) is 3.39. The quantitative estimate of drug-likeness (QED) is 0.451. The van der Waals surface area contributed by atoms with Crippen LogP contribution in [0.4, 0.5) is 5.95 Å². The third kappa shape index (κ3) is 3.26. The van der Waals surface area contributed by atoms with Crippen LogP contribution in [0.25, 0.3) is 27.9 Å². The van der Waals surface area contributed by atoms with Crippen molar-refractivity contribution in [2.24, 2.45) is 0 Å². The van der Waals surface area contributed by atoms with Gasteiger partial charge in [0.2, 0.25) is 5.95 Å². The molecular formula is C22H22N8. The molecule has 0 atom stereocenters. The molecule has 0 aliphatic heterocycles. The van der Waals surface area contributed by atoms with Gasteiger partial charge in [0.1, 0.15) is 6.33 Å². The predicted molar refractivity (Wildman–Crippen MR) is 116 cm³/mol. The number of rotatable bonds is 6. The average molecular weight is 398 g/mol.